The summed E-state index contributed by atoms with van der Waals surface area (Å²) in [6.07, 6.45) is 3.64. The van der Waals surface area contributed by atoms with Crippen LogP contribution < -0.4 is 10.2 Å². The Labute approximate surface area is 171 Å². The molecule has 29 heavy (non-hydrogen) atoms. The number of piperazine rings is 1. The molecule has 1 N–H and O–H groups in total. The molecule has 1 saturated heterocycles. The lowest BCUT2D eigenvalue weighted by Crippen LogP contribution is -2.48. The molecule has 1 aliphatic rings. The van der Waals surface area contributed by atoms with E-state index in [9.17, 15) is 9.59 Å². The maximum atomic E-state index is 12.4. The number of benzene rings is 1. The van der Waals surface area contributed by atoms with Gasteiger partial charge in [-0.25, -0.2) is 9.78 Å². The number of carbonyl (C=O) groups is 2. The molecule has 2 heterocycles. The van der Waals surface area contributed by atoms with Crippen LogP contribution >= 0.6 is 0 Å². The van der Waals surface area contributed by atoms with Crippen molar-refractivity contribution in [1.82, 2.24) is 9.88 Å². The maximum absolute atomic E-state index is 12.4. The van der Waals surface area contributed by atoms with Crippen molar-refractivity contribution in [3.05, 3.63) is 54.2 Å². The summed E-state index contributed by atoms with van der Waals surface area (Å²) in [7, 11) is 0. The minimum atomic E-state index is -0.331. The first kappa shape index (κ1) is 20.8. The van der Waals surface area contributed by atoms with E-state index in [1.54, 1.807) is 30.5 Å². The molecule has 7 heteroatoms. The van der Waals surface area contributed by atoms with Crippen LogP contribution in [0.1, 0.15) is 30.1 Å². The molecule has 0 saturated carbocycles. The Kier molecular flexibility index (Phi) is 7.58. The Hall–Kier alpha value is -2.93. The predicted octanol–water partition coefficient (Wildman–Crippen LogP) is 2.80. The van der Waals surface area contributed by atoms with Gasteiger partial charge in [-0.1, -0.05) is 19.4 Å². The first-order valence-corrected chi connectivity index (χ1v) is 10.1. The minimum Gasteiger partial charge on any atom is -0.462 e. The predicted molar refractivity (Wildman–Crippen MR) is 113 cm³/mol. The summed E-state index contributed by atoms with van der Waals surface area (Å²) >= 11 is 0. The zero-order chi connectivity index (χ0) is 20.5. The van der Waals surface area contributed by atoms with Gasteiger partial charge < -0.3 is 15.0 Å². The lowest BCUT2D eigenvalue weighted by atomic mass is 10.2. The topological polar surface area (TPSA) is 74.8 Å². The van der Waals surface area contributed by atoms with Crippen LogP contribution in [0.3, 0.4) is 0 Å². The third-order valence-corrected chi connectivity index (χ3v) is 4.85. The van der Waals surface area contributed by atoms with Crippen LogP contribution in [0, 0.1) is 0 Å². The molecule has 0 spiro atoms. The third kappa shape index (κ3) is 6.29. The van der Waals surface area contributed by atoms with Crippen LogP contribution in [0.5, 0.6) is 0 Å². The Morgan fingerprint density at radius 3 is 2.48 bits per heavy atom. The van der Waals surface area contributed by atoms with Gasteiger partial charge in [0.25, 0.3) is 0 Å². The highest BCUT2D eigenvalue weighted by molar-refractivity contribution is 5.94. The first-order chi connectivity index (χ1) is 14.2. The summed E-state index contributed by atoms with van der Waals surface area (Å²) in [6, 6.07) is 12.7. The average Bonchev–Trinajstić information content (AvgIpc) is 2.75. The van der Waals surface area contributed by atoms with E-state index in [2.05, 4.69) is 20.1 Å². The van der Waals surface area contributed by atoms with Crippen molar-refractivity contribution in [3.63, 3.8) is 0 Å². The number of unbranched alkanes of at least 4 members (excludes halogenated alkanes) is 1. The van der Waals surface area contributed by atoms with Crippen LogP contribution in [0.4, 0.5) is 11.5 Å². The standard InChI is InChI=1S/C22H28N4O3/c1-2-3-16-29-22(28)18-7-9-19(10-8-18)24-21(27)17-25-12-14-26(15-13-25)20-6-4-5-11-23-20/h4-11H,2-3,12-17H2,1H3,(H,24,27). The van der Waals surface area contributed by atoms with Crippen LogP contribution in [-0.2, 0) is 9.53 Å². The summed E-state index contributed by atoms with van der Waals surface area (Å²) in [5.74, 6) is 0.585. The molecule has 2 aromatic rings. The zero-order valence-electron chi connectivity index (χ0n) is 16.8. The zero-order valence-corrected chi connectivity index (χ0v) is 16.8. The molecule has 1 aromatic carbocycles. The quantitative estimate of drug-likeness (QED) is 0.546. The second-order valence-electron chi connectivity index (χ2n) is 7.07. The molecule has 0 radical (unpaired) electrons. The van der Waals surface area contributed by atoms with Crippen molar-refractivity contribution >= 4 is 23.4 Å². The van der Waals surface area contributed by atoms with Crippen molar-refractivity contribution in [2.75, 3.05) is 49.5 Å². The number of pyridine rings is 1. The largest absolute Gasteiger partial charge is 0.462 e. The van der Waals surface area contributed by atoms with Gasteiger partial charge in [0.05, 0.1) is 18.7 Å². The summed E-state index contributed by atoms with van der Waals surface area (Å²) < 4.78 is 5.19. The van der Waals surface area contributed by atoms with E-state index in [-0.39, 0.29) is 11.9 Å². The maximum Gasteiger partial charge on any atom is 0.338 e. The highest BCUT2D eigenvalue weighted by Crippen LogP contribution is 2.14. The molecule has 0 aliphatic carbocycles. The monoisotopic (exact) mass is 396 g/mol. The van der Waals surface area contributed by atoms with Gasteiger partial charge >= 0.3 is 5.97 Å². The van der Waals surface area contributed by atoms with E-state index in [0.29, 0.717) is 24.4 Å². The summed E-state index contributed by atoms with van der Waals surface area (Å²) in [5.41, 5.74) is 1.16. The van der Waals surface area contributed by atoms with Crippen LogP contribution in [0.2, 0.25) is 0 Å². The number of esters is 1. The molecule has 1 amide bonds. The second-order valence-corrected chi connectivity index (χ2v) is 7.07. The van der Waals surface area contributed by atoms with Crippen LogP contribution in [0.15, 0.2) is 48.7 Å². The molecule has 0 bridgehead atoms. The van der Waals surface area contributed by atoms with Gasteiger partial charge in [0.15, 0.2) is 0 Å². The van der Waals surface area contributed by atoms with Crippen molar-refractivity contribution in [2.45, 2.75) is 19.8 Å². The molecular weight excluding hydrogens is 368 g/mol. The highest BCUT2D eigenvalue weighted by Gasteiger charge is 2.19. The van der Waals surface area contributed by atoms with Crippen molar-refractivity contribution < 1.29 is 14.3 Å². The lowest BCUT2D eigenvalue weighted by molar-refractivity contribution is -0.117. The van der Waals surface area contributed by atoms with E-state index < -0.39 is 0 Å². The van der Waals surface area contributed by atoms with Crippen molar-refractivity contribution in [1.29, 1.82) is 0 Å². The molecular formula is C22H28N4O3. The third-order valence-electron chi connectivity index (χ3n) is 4.85. The Balaban J connectivity index is 1.42. The Morgan fingerprint density at radius 1 is 1.07 bits per heavy atom. The first-order valence-electron chi connectivity index (χ1n) is 10.1. The van der Waals surface area contributed by atoms with Crippen LogP contribution in [0.25, 0.3) is 0 Å². The van der Waals surface area contributed by atoms with E-state index in [1.807, 2.05) is 25.1 Å². The fourth-order valence-electron chi connectivity index (χ4n) is 3.16. The molecule has 0 unspecified atom stereocenters. The number of carbonyl (C=O) groups excluding carboxylic acids is 2. The van der Waals surface area contributed by atoms with Crippen molar-refractivity contribution in [2.24, 2.45) is 0 Å². The molecule has 154 valence electrons. The number of rotatable bonds is 8. The fourth-order valence-corrected chi connectivity index (χ4v) is 3.16. The minimum absolute atomic E-state index is 0.0606. The second kappa shape index (κ2) is 10.6. The van der Waals surface area contributed by atoms with Crippen LogP contribution in [-0.4, -0.2) is 61.1 Å². The number of anilines is 2. The highest BCUT2D eigenvalue weighted by atomic mass is 16.5. The molecule has 1 aromatic heterocycles. The molecule has 1 fully saturated rings. The van der Waals surface area contributed by atoms with Gasteiger partial charge in [-0.3, -0.25) is 9.69 Å². The SMILES string of the molecule is CCCCOC(=O)c1ccc(NC(=O)CN2CCN(c3ccccn3)CC2)cc1. The van der Waals surface area contributed by atoms with E-state index in [0.717, 1.165) is 44.8 Å². The van der Waals surface area contributed by atoms with E-state index in [4.69, 9.17) is 4.74 Å². The Bertz CT molecular complexity index is 787. The number of hydrogen-bond acceptors (Lipinski definition) is 6. The Morgan fingerprint density at radius 2 is 1.83 bits per heavy atom. The molecule has 1 aliphatic heterocycles. The normalized spacial score (nSPS) is 14.4. The summed E-state index contributed by atoms with van der Waals surface area (Å²) in [4.78, 5) is 33.0. The number of nitrogens with zero attached hydrogens (tertiary/aromatic N) is 3. The van der Waals surface area contributed by atoms with Gasteiger partial charge in [-0.15, -0.1) is 0 Å². The number of nitrogens with one attached hydrogen (secondary N) is 1. The van der Waals surface area contributed by atoms with Gasteiger partial charge in [-0.2, -0.15) is 0 Å². The number of ether oxygens (including phenoxy) is 1. The van der Waals surface area contributed by atoms with E-state index >= 15 is 0 Å². The smallest absolute Gasteiger partial charge is 0.338 e. The van der Waals surface area contributed by atoms with Crippen molar-refractivity contribution in [3.8, 4) is 0 Å². The van der Waals surface area contributed by atoms with Gasteiger partial charge in [0.1, 0.15) is 5.82 Å². The molecule has 3 rings (SSSR count). The van der Waals surface area contributed by atoms with E-state index in [1.165, 1.54) is 0 Å². The molecule has 7 nitrogen and oxygen atoms in total. The van der Waals surface area contributed by atoms with Gasteiger partial charge in [-0.05, 0) is 42.8 Å². The number of aromatic nitrogens is 1. The number of amides is 1. The summed E-state index contributed by atoms with van der Waals surface area (Å²) in [5, 5.41) is 2.89. The summed E-state index contributed by atoms with van der Waals surface area (Å²) in [6.45, 7) is 6.14. The number of hydrogen-bond donors (Lipinski definition) is 1. The molecule has 0 atom stereocenters. The fraction of sp³-hybridized carbons (Fsp3) is 0.409. The lowest BCUT2D eigenvalue weighted by Gasteiger charge is -2.34. The van der Waals surface area contributed by atoms with Gasteiger partial charge in [0, 0.05) is 38.1 Å². The average molecular weight is 396 g/mol. The van der Waals surface area contributed by atoms with Gasteiger partial charge in [0.2, 0.25) is 5.91 Å².